The number of rotatable bonds is 5. The summed E-state index contributed by atoms with van der Waals surface area (Å²) in [4.78, 5) is 14.2. The van der Waals surface area contributed by atoms with E-state index < -0.39 is 0 Å². The predicted molar refractivity (Wildman–Crippen MR) is 88.1 cm³/mol. The molecule has 1 aromatic rings. The van der Waals surface area contributed by atoms with Crippen LogP contribution in [0.25, 0.3) is 0 Å². The minimum Gasteiger partial charge on any atom is -0.355 e. The van der Waals surface area contributed by atoms with Crippen molar-refractivity contribution in [3.8, 4) is 0 Å². The number of hydrogen-bond donors (Lipinski definition) is 1. The second kappa shape index (κ2) is 8.62. The van der Waals surface area contributed by atoms with Gasteiger partial charge in [0.15, 0.2) is 0 Å². The Morgan fingerprint density at radius 1 is 1.14 bits per heavy atom. The van der Waals surface area contributed by atoms with Crippen LogP contribution in [0, 0.1) is 0 Å². The summed E-state index contributed by atoms with van der Waals surface area (Å²) in [5.41, 5.74) is 1.01. The van der Waals surface area contributed by atoms with Gasteiger partial charge in [0.2, 0.25) is 5.91 Å². The second-order valence-corrected chi connectivity index (χ2v) is 6.37. The molecule has 0 saturated carbocycles. The van der Waals surface area contributed by atoms with Gasteiger partial charge >= 0.3 is 0 Å². The maximum Gasteiger partial charge on any atom is 0.234 e. The van der Waals surface area contributed by atoms with Crippen molar-refractivity contribution < 1.29 is 4.79 Å². The summed E-state index contributed by atoms with van der Waals surface area (Å²) in [5, 5.41) is 4.26. The lowest BCUT2D eigenvalue weighted by Gasteiger charge is -2.19. The summed E-state index contributed by atoms with van der Waals surface area (Å²) in [6.45, 7) is 3.19. The number of nitrogens with zero attached hydrogens (tertiary/aromatic N) is 1. The fraction of sp³-hybridized carbons (Fsp3) is 0.562. The molecule has 1 aliphatic rings. The van der Waals surface area contributed by atoms with Crippen molar-refractivity contribution >= 4 is 29.1 Å². The van der Waals surface area contributed by atoms with Crippen molar-refractivity contribution in [2.24, 2.45) is 0 Å². The minimum atomic E-state index is 0.0991. The Labute approximate surface area is 136 Å². The first-order valence-electron chi connectivity index (χ1n) is 7.58. The summed E-state index contributed by atoms with van der Waals surface area (Å²) in [6, 6.07) is 5.46. The average molecular weight is 329 g/mol. The first-order valence-corrected chi connectivity index (χ1v) is 8.34. The molecule has 116 valence electrons. The highest BCUT2D eigenvalue weighted by Gasteiger charge is 2.12. The number of benzene rings is 1. The van der Waals surface area contributed by atoms with Gasteiger partial charge in [0, 0.05) is 16.6 Å². The molecule has 3 nitrogen and oxygen atoms in total. The fourth-order valence-corrected chi connectivity index (χ4v) is 3.12. The number of halogens is 2. The largest absolute Gasteiger partial charge is 0.355 e. The van der Waals surface area contributed by atoms with Crippen molar-refractivity contribution in [3.63, 3.8) is 0 Å². The van der Waals surface area contributed by atoms with Gasteiger partial charge in [-0.2, -0.15) is 0 Å². The molecule has 0 bridgehead atoms. The molecule has 0 atom stereocenters. The normalized spacial score (nSPS) is 16.5. The Kier molecular flexibility index (Phi) is 6.81. The van der Waals surface area contributed by atoms with Crippen LogP contribution in [0.1, 0.15) is 31.2 Å². The monoisotopic (exact) mass is 328 g/mol. The van der Waals surface area contributed by atoms with E-state index in [4.69, 9.17) is 23.2 Å². The van der Waals surface area contributed by atoms with Crippen molar-refractivity contribution in [2.75, 3.05) is 26.2 Å². The number of amides is 1. The number of carbonyl (C=O) groups is 1. The Bertz CT molecular complexity index is 471. The summed E-state index contributed by atoms with van der Waals surface area (Å²) in [7, 11) is 0. The van der Waals surface area contributed by atoms with Crippen molar-refractivity contribution in [2.45, 2.75) is 32.1 Å². The molecular weight excluding hydrogens is 307 g/mol. The Balaban J connectivity index is 1.71. The lowest BCUT2D eigenvalue weighted by Crippen LogP contribution is -2.38. The Hall–Kier alpha value is -0.770. The van der Waals surface area contributed by atoms with Crippen LogP contribution in [0.15, 0.2) is 18.2 Å². The molecule has 5 heteroatoms. The van der Waals surface area contributed by atoms with Gasteiger partial charge in [0.25, 0.3) is 0 Å². The molecule has 0 aliphatic carbocycles. The summed E-state index contributed by atoms with van der Waals surface area (Å²) in [6.07, 6.45) is 5.70. The van der Waals surface area contributed by atoms with E-state index in [0.717, 1.165) is 25.1 Å². The van der Waals surface area contributed by atoms with Gasteiger partial charge in [-0.1, -0.05) is 42.1 Å². The molecule has 1 aliphatic heterocycles. The summed E-state index contributed by atoms with van der Waals surface area (Å²) < 4.78 is 0. The van der Waals surface area contributed by atoms with E-state index in [1.165, 1.54) is 25.7 Å². The molecule has 0 spiro atoms. The van der Waals surface area contributed by atoms with E-state index >= 15 is 0 Å². The van der Waals surface area contributed by atoms with E-state index in [9.17, 15) is 4.79 Å². The standard InChI is InChI=1S/C16H22Cl2N2O/c17-14-6-5-13(15(18)11-14)7-8-19-16(21)12-20-9-3-1-2-4-10-20/h5-6,11H,1-4,7-10,12H2,(H,19,21). The first kappa shape index (κ1) is 16.6. The van der Waals surface area contributed by atoms with Gasteiger partial charge in [-0.25, -0.2) is 0 Å². The number of carbonyl (C=O) groups excluding carboxylic acids is 1. The summed E-state index contributed by atoms with van der Waals surface area (Å²) in [5.74, 6) is 0.0991. The van der Waals surface area contributed by atoms with E-state index in [1.807, 2.05) is 12.1 Å². The Morgan fingerprint density at radius 3 is 2.52 bits per heavy atom. The highest BCUT2D eigenvalue weighted by atomic mass is 35.5. The topological polar surface area (TPSA) is 32.3 Å². The van der Waals surface area contributed by atoms with Crippen molar-refractivity contribution in [3.05, 3.63) is 33.8 Å². The SMILES string of the molecule is O=C(CN1CCCCCC1)NCCc1ccc(Cl)cc1Cl. The van der Waals surface area contributed by atoms with E-state index in [0.29, 0.717) is 23.1 Å². The number of hydrogen-bond acceptors (Lipinski definition) is 2. The number of likely N-dealkylation sites (tertiary alicyclic amines) is 1. The van der Waals surface area contributed by atoms with Crippen molar-refractivity contribution in [1.82, 2.24) is 10.2 Å². The van der Waals surface area contributed by atoms with E-state index in [1.54, 1.807) is 6.07 Å². The van der Waals surface area contributed by atoms with Crippen molar-refractivity contribution in [1.29, 1.82) is 0 Å². The summed E-state index contributed by atoms with van der Waals surface area (Å²) >= 11 is 12.0. The zero-order valence-corrected chi connectivity index (χ0v) is 13.7. The molecule has 1 fully saturated rings. The molecule has 1 N–H and O–H groups in total. The highest BCUT2D eigenvalue weighted by molar-refractivity contribution is 6.35. The third-order valence-corrected chi connectivity index (χ3v) is 4.38. The molecule has 21 heavy (non-hydrogen) atoms. The molecule has 0 aromatic heterocycles. The average Bonchev–Trinajstić information content (AvgIpc) is 2.70. The fourth-order valence-electron chi connectivity index (χ4n) is 2.61. The van der Waals surface area contributed by atoms with Gasteiger partial charge in [-0.3, -0.25) is 9.69 Å². The lowest BCUT2D eigenvalue weighted by molar-refractivity contribution is -0.122. The predicted octanol–water partition coefficient (Wildman–Crippen LogP) is 3.53. The number of nitrogens with one attached hydrogen (secondary N) is 1. The van der Waals surface area contributed by atoms with Crippen LogP contribution in [0.3, 0.4) is 0 Å². The molecule has 1 saturated heterocycles. The van der Waals surface area contributed by atoms with Gasteiger partial charge in [0.1, 0.15) is 0 Å². The van der Waals surface area contributed by atoms with Crippen LogP contribution in [-0.2, 0) is 11.2 Å². The molecule has 0 radical (unpaired) electrons. The van der Waals surface area contributed by atoms with Crippen LogP contribution in [0.4, 0.5) is 0 Å². The Morgan fingerprint density at radius 2 is 1.86 bits per heavy atom. The van der Waals surface area contributed by atoms with Crippen LogP contribution >= 0.6 is 23.2 Å². The van der Waals surface area contributed by atoms with Crippen LogP contribution < -0.4 is 5.32 Å². The van der Waals surface area contributed by atoms with Crippen LogP contribution in [0.5, 0.6) is 0 Å². The van der Waals surface area contributed by atoms with Gasteiger partial charge < -0.3 is 5.32 Å². The van der Waals surface area contributed by atoms with Gasteiger partial charge in [0.05, 0.1) is 6.54 Å². The van der Waals surface area contributed by atoms with Gasteiger partial charge in [-0.15, -0.1) is 0 Å². The third-order valence-electron chi connectivity index (χ3n) is 3.80. The maximum absolute atomic E-state index is 11.9. The molecular formula is C16H22Cl2N2O. The molecule has 1 heterocycles. The second-order valence-electron chi connectivity index (χ2n) is 5.53. The molecule has 1 aromatic carbocycles. The zero-order chi connectivity index (χ0) is 15.1. The third kappa shape index (κ3) is 5.85. The lowest BCUT2D eigenvalue weighted by atomic mass is 10.1. The highest BCUT2D eigenvalue weighted by Crippen LogP contribution is 2.21. The van der Waals surface area contributed by atoms with Crippen LogP contribution in [-0.4, -0.2) is 37.0 Å². The quantitative estimate of drug-likeness (QED) is 0.896. The van der Waals surface area contributed by atoms with E-state index in [-0.39, 0.29) is 5.91 Å². The maximum atomic E-state index is 11.9. The first-order chi connectivity index (χ1) is 10.1. The van der Waals surface area contributed by atoms with Gasteiger partial charge in [-0.05, 0) is 50.0 Å². The molecule has 2 rings (SSSR count). The minimum absolute atomic E-state index is 0.0991. The zero-order valence-electron chi connectivity index (χ0n) is 12.2. The smallest absolute Gasteiger partial charge is 0.234 e. The molecule has 1 amide bonds. The molecule has 0 unspecified atom stereocenters. The van der Waals surface area contributed by atoms with E-state index in [2.05, 4.69) is 10.2 Å². The van der Waals surface area contributed by atoms with Crippen LogP contribution in [0.2, 0.25) is 10.0 Å².